The Morgan fingerprint density at radius 1 is 0.923 bits per heavy atom. The van der Waals surface area contributed by atoms with Gasteiger partial charge in [-0.1, -0.05) is 39.5 Å². The van der Waals surface area contributed by atoms with Gasteiger partial charge in [-0.2, -0.15) is 0 Å². The molecule has 0 radical (unpaired) electrons. The van der Waals surface area contributed by atoms with Crippen LogP contribution in [0.2, 0.25) is 0 Å². The van der Waals surface area contributed by atoms with Crippen molar-refractivity contribution >= 4 is 29.3 Å². The predicted octanol–water partition coefficient (Wildman–Crippen LogP) is 8.99. The Kier molecular flexibility index (Phi) is 16.6. The highest BCUT2D eigenvalue weighted by Gasteiger charge is 2.30. The van der Waals surface area contributed by atoms with Gasteiger partial charge in [-0.15, -0.1) is 0 Å². The first kappa shape index (κ1) is 44.7. The van der Waals surface area contributed by atoms with E-state index in [9.17, 15) is 46.0 Å². The molecule has 0 fully saturated rings. The minimum Gasteiger partial charge on any atom is -0.397 e. The van der Waals surface area contributed by atoms with Gasteiger partial charge in [-0.05, 0) is 55.7 Å². The molecule has 2 aromatic heterocycles. The molecule has 4 aromatic rings. The van der Waals surface area contributed by atoms with Crippen LogP contribution in [0.3, 0.4) is 0 Å². The van der Waals surface area contributed by atoms with Gasteiger partial charge in [0.15, 0.2) is 0 Å². The van der Waals surface area contributed by atoms with Gasteiger partial charge in [-0.3, -0.25) is 24.9 Å². The predicted molar refractivity (Wildman–Crippen MR) is 189 cm³/mol. The van der Waals surface area contributed by atoms with Gasteiger partial charge in [0.25, 0.3) is 17.5 Å². The van der Waals surface area contributed by atoms with E-state index in [0.29, 0.717) is 35.2 Å². The normalized spacial score (nSPS) is 12.2. The monoisotopic (exact) mass is 735 g/mol. The van der Waals surface area contributed by atoms with Gasteiger partial charge in [0.2, 0.25) is 5.91 Å². The number of nitrogen functional groups attached to an aromatic ring is 1. The number of carbonyl (C=O) groups excluding carboxylic acids is 2. The molecule has 1 aliphatic rings. The number of rotatable bonds is 6. The number of aromatic nitrogens is 2. The number of nitrogens with two attached hydrogens (primary N) is 1. The number of aryl methyl sites for hydroxylation is 2. The van der Waals surface area contributed by atoms with Crippen LogP contribution in [-0.4, -0.2) is 33.6 Å². The fourth-order valence-electron chi connectivity index (χ4n) is 5.04. The van der Waals surface area contributed by atoms with Gasteiger partial charge >= 0.3 is 0 Å². The summed E-state index contributed by atoms with van der Waals surface area (Å²) < 4.78 is 79.9. The fraction of sp³-hybridized carbons (Fsp3) is 0.351. The summed E-state index contributed by atoms with van der Waals surface area (Å²) in [7, 11) is 0. The standard InChI is InChI=1S/C18H17F3N2O.C8H10F2N2.C8H6FNO3.C2H6.CH4/c1-11-15(18(2,20)21)9-13(10-22-11)23-7-6-14-12(8-17(23)24)4-3-5-16(14)19;1-5-7(8(2,9)10)3-6(11)4-12-5;9-7-2-1-3-8(10(12)13)6(7)4-5-11;1-2;/h3-5,9-10H,6-8H2,1-2H3;3-4H,11H2,1-2H3;1-3,5H,4H2;1-2H3;1H4. The van der Waals surface area contributed by atoms with Crippen molar-refractivity contribution in [1.82, 2.24) is 9.97 Å². The molecule has 0 atom stereocenters. The molecule has 0 spiro atoms. The van der Waals surface area contributed by atoms with E-state index in [1.54, 1.807) is 12.1 Å². The number of alkyl halides is 4. The first-order chi connectivity index (χ1) is 23.8. The van der Waals surface area contributed by atoms with Crippen LogP contribution >= 0.6 is 0 Å². The molecule has 15 heteroatoms. The third-order valence-electron chi connectivity index (χ3n) is 7.46. The molecule has 5 rings (SSSR count). The van der Waals surface area contributed by atoms with Gasteiger partial charge in [-0.25, -0.2) is 26.3 Å². The van der Waals surface area contributed by atoms with Crippen molar-refractivity contribution in [1.29, 1.82) is 0 Å². The van der Waals surface area contributed by atoms with E-state index in [-0.39, 0.29) is 72.3 Å². The largest absolute Gasteiger partial charge is 0.397 e. The van der Waals surface area contributed by atoms with Crippen molar-refractivity contribution in [2.45, 2.75) is 80.1 Å². The first-order valence-corrected chi connectivity index (χ1v) is 15.7. The van der Waals surface area contributed by atoms with Crippen molar-refractivity contribution in [2.24, 2.45) is 0 Å². The molecular weight excluding hydrogens is 692 g/mol. The zero-order chi connectivity index (χ0) is 38.7. The third-order valence-corrected chi connectivity index (χ3v) is 7.46. The number of fused-ring (bicyclic) bond motifs is 1. The van der Waals surface area contributed by atoms with Crippen LogP contribution in [-0.2, 0) is 40.7 Å². The summed E-state index contributed by atoms with van der Waals surface area (Å²) in [6.45, 7) is 8.90. The number of amides is 1. The van der Waals surface area contributed by atoms with Crippen LogP contribution in [0.15, 0.2) is 60.9 Å². The number of nitro benzene ring substituents is 1. The zero-order valence-corrected chi connectivity index (χ0v) is 28.9. The van der Waals surface area contributed by atoms with Crippen LogP contribution in [0, 0.1) is 35.6 Å². The summed E-state index contributed by atoms with van der Waals surface area (Å²) in [5.74, 6) is -7.23. The number of hydrogen-bond donors (Lipinski definition) is 1. The number of aldehydes is 1. The van der Waals surface area contributed by atoms with E-state index >= 15 is 0 Å². The molecule has 3 heterocycles. The summed E-state index contributed by atoms with van der Waals surface area (Å²) in [6.07, 6.45) is 3.31. The highest BCUT2D eigenvalue weighted by Crippen LogP contribution is 2.33. The lowest BCUT2D eigenvalue weighted by Crippen LogP contribution is -2.32. The van der Waals surface area contributed by atoms with Crippen molar-refractivity contribution in [3.05, 3.63) is 122 Å². The lowest BCUT2D eigenvalue weighted by atomic mass is 10.0. The molecule has 0 aliphatic carbocycles. The molecule has 52 heavy (non-hydrogen) atoms. The highest BCUT2D eigenvalue weighted by atomic mass is 19.3. The van der Waals surface area contributed by atoms with E-state index in [0.717, 1.165) is 19.9 Å². The first-order valence-electron chi connectivity index (χ1n) is 15.7. The van der Waals surface area contributed by atoms with Crippen LogP contribution in [0.1, 0.15) is 74.3 Å². The van der Waals surface area contributed by atoms with Crippen LogP contribution in [0.5, 0.6) is 0 Å². The van der Waals surface area contributed by atoms with Gasteiger partial charge < -0.3 is 15.4 Å². The fourth-order valence-corrected chi connectivity index (χ4v) is 5.04. The van der Waals surface area contributed by atoms with Crippen LogP contribution < -0.4 is 10.6 Å². The summed E-state index contributed by atoms with van der Waals surface area (Å²) in [4.78, 5) is 41.4. The number of anilines is 2. The Bertz CT molecular complexity index is 1840. The summed E-state index contributed by atoms with van der Waals surface area (Å²) >= 11 is 0. The Hall–Kier alpha value is -5.34. The number of hydrogen-bond acceptors (Lipinski definition) is 7. The maximum Gasteiger partial charge on any atom is 0.275 e. The number of halogens is 6. The van der Waals surface area contributed by atoms with Crippen LogP contribution in [0.25, 0.3) is 0 Å². The Morgan fingerprint density at radius 3 is 2.00 bits per heavy atom. The second-order valence-electron chi connectivity index (χ2n) is 11.2. The summed E-state index contributed by atoms with van der Waals surface area (Å²) in [5.41, 5.74) is 6.76. The average Bonchev–Trinajstić information content (AvgIpc) is 3.23. The Morgan fingerprint density at radius 2 is 1.46 bits per heavy atom. The topological polar surface area (TPSA) is 132 Å². The Labute approximate surface area is 299 Å². The second-order valence-corrected chi connectivity index (χ2v) is 11.2. The van der Waals surface area contributed by atoms with E-state index in [1.807, 2.05) is 13.8 Å². The smallest absolute Gasteiger partial charge is 0.275 e. The molecule has 2 N–H and O–H groups in total. The van der Waals surface area contributed by atoms with Crippen molar-refractivity contribution in [3.8, 4) is 0 Å². The number of carbonyl (C=O) groups is 2. The lowest BCUT2D eigenvalue weighted by molar-refractivity contribution is -0.385. The van der Waals surface area contributed by atoms with E-state index in [2.05, 4.69) is 9.97 Å². The summed E-state index contributed by atoms with van der Waals surface area (Å²) in [5, 5.41) is 10.4. The van der Waals surface area contributed by atoms with Gasteiger partial charge in [0, 0.05) is 55.4 Å². The van der Waals surface area contributed by atoms with Crippen molar-refractivity contribution in [2.75, 3.05) is 17.2 Å². The van der Waals surface area contributed by atoms with Gasteiger partial charge in [0.1, 0.15) is 17.9 Å². The third kappa shape index (κ3) is 11.9. The average molecular weight is 736 g/mol. The molecule has 1 amide bonds. The second kappa shape index (κ2) is 19.3. The highest BCUT2D eigenvalue weighted by molar-refractivity contribution is 5.95. The zero-order valence-electron chi connectivity index (χ0n) is 28.9. The summed E-state index contributed by atoms with van der Waals surface area (Å²) in [6, 6.07) is 10.7. The number of nitro groups is 1. The van der Waals surface area contributed by atoms with E-state index in [1.165, 1.54) is 61.5 Å². The minimum absolute atomic E-state index is 0. The number of nitrogens with zero attached hydrogens (tertiary/aromatic N) is 4. The quantitative estimate of drug-likeness (QED) is 0.0905. The van der Waals surface area contributed by atoms with Gasteiger partial charge in [0.05, 0.1) is 40.7 Å². The van der Waals surface area contributed by atoms with Crippen LogP contribution in [0.4, 0.5) is 43.4 Å². The molecule has 9 nitrogen and oxygen atoms in total. The number of pyridine rings is 2. The minimum atomic E-state index is -3.04. The maximum absolute atomic E-state index is 13.9. The van der Waals surface area contributed by atoms with E-state index < -0.39 is 22.6 Å². The van der Waals surface area contributed by atoms with Crippen molar-refractivity contribution in [3.63, 3.8) is 0 Å². The molecule has 0 saturated heterocycles. The molecule has 0 saturated carbocycles. The Balaban J connectivity index is 0.000000411. The SMILES string of the molecule is C.CC.Cc1ncc(N)cc1C(C)(F)F.Cc1ncc(N2CCc3c(F)cccc3CC2=O)cc1C(C)(F)F.O=CCc1c(F)cccc1[N+](=O)[O-]. The molecule has 0 unspecified atom stereocenters. The van der Waals surface area contributed by atoms with Crippen molar-refractivity contribution < 1.29 is 40.9 Å². The molecule has 0 bridgehead atoms. The number of benzene rings is 2. The maximum atomic E-state index is 13.9. The molecule has 2 aromatic carbocycles. The molecular formula is C37H43F6N5O4. The molecule has 1 aliphatic heterocycles. The molecule has 282 valence electrons. The lowest BCUT2D eigenvalue weighted by Gasteiger charge is -2.22. The van der Waals surface area contributed by atoms with E-state index in [4.69, 9.17) is 5.73 Å².